The van der Waals surface area contributed by atoms with Crippen LogP contribution in [0.2, 0.25) is 0 Å². The first-order valence-corrected chi connectivity index (χ1v) is 11.5. The number of likely N-dealkylation sites (tertiary alicyclic amines) is 1. The maximum Gasteiger partial charge on any atom is 0.420 e. The first-order chi connectivity index (χ1) is 15.8. The largest absolute Gasteiger partial charge is 0.420 e. The quantitative estimate of drug-likeness (QED) is 0.647. The third-order valence-electron chi connectivity index (χ3n) is 7.28. The molecule has 4 atom stereocenters. The van der Waals surface area contributed by atoms with E-state index < -0.39 is 17.6 Å². The van der Waals surface area contributed by atoms with E-state index in [1.165, 1.54) is 18.2 Å². The van der Waals surface area contributed by atoms with Crippen LogP contribution in [-0.2, 0) is 10.9 Å². The lowest BCUT2D eigenvalue weighted by atomic mass is 10.0. The number of alkyl halides is 3. The lowest BCUT2D eigenvalue weighted by molar-refractivity contribution is -0.137. The summed E-state index contributed by atoms with van der Waals surface area (Å²) < 4.78 is 60.8. The Morgan fingerprint density at radius 2 is 1.88 bits per heavy atom. The van der Waals surface area contributed by atoms with Crippen LogP contribution in [0.4, 0.5) is 23.4 Å². The van der Waals surface area contributed by atoms with Gasteiger partial charge in [0.25, 0.3) is 0 Å². The van der Waals surface area contributed by atoms with Crippen LogP contribution in [0.25, 0.3) is 11.3 Å². The molecule has 9 heteroatoms. The molecular formula is C24H28F4N4O. The Morgan fingerprint density at radius 1 is 1.12 bits per heavy atom. The van der Waals surface area contributed by atoms with Gasteiger partial charge >= 0.3 is 6.18 Å². The van der Waals surface area contributed by atoms with Gasteiger partial charge in [-0.1, -0.05) is 6.07 Å². The molecule has 2 aliphatic heterocycles. The maximum atomic E-state index is 13.9. The van der Waals surface area contributed by atoms with Gasteiger partial charge in [-0.05, 0) is 67.7 Å². The minimum atomic E-state index is -4.59. The Kier molecular flexibility index (Phi) is 6.03. The van der Waals surface area contributed by atoms with E-state index >= 15 is 0 Å². The molecule has 1 saturated carbocycles. The molecule has 1 N–H and O–H groups in total. The van der Waals surface area contributed by atoms with Crippen molar-refractivity contribution >= 4 is 5.82 Å². The Labute approximate surface area is 190 Å². The molecule has 0 bridgehead atoms. The van der Waals surface area contributed by atoms with Crippen molar-refractivity contribution in [2.45, 2.75) is 38.4 Å². The number of nitrogens with one attached hydrogen (secondary N) is 1. The predicted octanol–water partition coefficient (Wildman–Crippen LogP) is 4.77. The van der Waals surface area contributed by atoms with Gasteiger partial charge in [0.05, 0.1) is 12.3 Å². The van der Waals surface area contributed by atoms with E-state index in [-0.39, 0.29) is 17.6 Å². The average molecular weight is 465 g/mol. The third-order valence-corrected chi connectivity index (χ3v) is 7.28. The van der Waals surface area contributed by atoms with E-state index in [9.17, 15) is 17.6 Å². The first-order valence-electron chi connectivity index (χ1n) is 11.5. The zero-order valence-electron chi connectivity index (χ0n) is 18.5. The predicted molar refractivity (Wildman–Crippen MR) is 116 cm³/mol. The molecule has 0 amide bonds. The number of aryl methyl sites for hydroxylation is 1. The van der Waals surface area contributed by atoms with E-state index in [1.807, 2.05) is 0 Å². The summed E-state index contributed by atoms with van der Waals surface area (Å²) in [4.78, 5) is 2.49. The Balaban J connectivity index is 1.29. The van der Waals surface area contributed by atoms with Gasteiger partial charge in [0.2, 0.25) is 0 Å². The van der Waals surface area contributed by atoms with E-state index in [0.717, 1.165) is 58.2 Å². The number of benzene rings is 1. The molecule has 5 nitrogen and oxygen atoms in total. The highest BCUT2D eigenvalue weighted by Crippen LogP contribution is 2.42. The van der Waals surface area contributed by atoms with Gasteiger partial charge in [-0.3, -0.25) is 0 Å². The molecule has 178 valence electrons. The lowest BCUT2D eigenvalue weighted by Gasteiger charge is -2.23. The molecule has 1 aromatic heterocycles. The molecule has 3 fully saturated rings. The molecule has 1 aliphatic carbocycles. The van der Waals surface area contributed by atoms with Gasteiger partial charge in [0, 0.05) is 37.8 Å². The summed E-state index contributed by atoms with van der Waals surface area (Å²) in [6.45, 7) is 6.42. The summed E-state index contributed by atoms with van der Waals surface area (Å²) in [5.74, 6) is 0.802. The zero-order valence-corrected chi connectivity index (χ0v) is 18.5. The number of ether oxygens (including phenoxy) is 1. The fourth-order valence-electron chi connectivity index (χ4n) is 5.67. The summed E-state index contributed by atoms with van der Waals surface area (Å²) >= 11 is 0. The molecule has 1 unspecified atom stereocenters. The van der Waals surface area contributed by atoms with Gasteiger partial charge in [-0.2, -0.15) is 13.2 Å². The second-order valence-electron chi connectivity index (χ2n) is 9.73. The molecule has 0 spiro atoms. The van der Waals surface area contributed by atoms with Crippen molar-refractivity contribution in [2.24, 2.45) is 17.8 Å². The number of fused-ring (bicyclic) bond motifs is 1. The number of nitrogens with zero attached hydrogens (tertiary/aromatic N) is 3. The van der Waals surface area contributed by atoms with Gasteiger partial charge in [0.15, 0.2) is 5.82 Å². The van der Waals surface area contributed by atoms with E-state index in [0.29, 0.717) is 28.9 Å². The van der Waals surface area contributed by atoms with Crippen LogP contribution in [0.15, 0.2) is 24.3 Å². The van der Waals surface area contributed by atoms with Crippen molar-refractivity contribution < 1.29 is 22.3 Å². The highest BCUT2D eigenvalue weighted by atomic mass is 19.4. The van der Waals surface area contributed by atoms with Crippen LogP contribution in [-0.4, -0.2) is 54.0 Å². The molecule has 0 radical (unpaired) electrons. The van der Waals surface area contributed by atoms with Crippen molar-refractivity contribution in [3.05, 3.63) is 41.2 Å². The van der Waals surface area contributed by atoms with Crippen LogP contribution in [0.3, 0.4) is 0 Å². The van der Waals surface area contributed by atoms with Crippen molar-refractivity contribution in [3.8, 4) is 11.3 Å². The van der Waals surface area contributed by atoms with Gasteiger partial charge in [-0.15, -0.1) is 10.2 Å². The van der Waals surface area contributed by atoms with E-state index in [2.05, 4.69) is 20.4 Å². The highest BCUT2D eigenvalue weighted by molar-refractivity contribution is 5.65. The Morgan fingerprint density at radius 3 is 2.55 bits per heavy atom. The smallest absolute Gasteiger partial charge is 0.381 e. The number of aromatic nitrogens is 2. The topological polar surface area (TPSA) is 50.3 Å². The summed E-state index contributed by atoms with van der Waals surface area (Å²) in [5, 5.41) is 10.9. The SMILES string of the molecule is Cc1ccc(F)cc1-c1cc(C(F)(F)F)c(NC2C[C@@H]3CN(C[C@H]4CCOC4)C[C@@H]3C2)nn1. The lowest BCUT2D eigenvalue weighted by Crippen LogP contribution is -2.30. The van der Waals surface area contributed by atoms with E-state index in [4.69, 9.17) is 4.74 Å². The first kappa shape index (κ1) is 22.5. The maximum absolute atomic E-state index is 13.9. The van der Waals surface area contributed by atoms with Crippen LogP contribution >= 0.6 is 0 Å². The molecule has 2 aromatic rings. The van der Waals surface area contributed by atoms with Crippen molar-refractivity contribution in [2.75, 3.05) is 38.2 Å². The summed E-state index contributed by atoms with van der Waals surface area (Å²) in [5.41, 5.74) is 0.0929. The number of hydrogen-bond acceptors (Lipinski definition) is 5. The second-order valence-corrected chi connectivity index (χ2v) is 9.73. The fraction of sp³-hybridized carbons (Fsp3) is 0.583. The van der Waals surface area contributed by atoms with Crippen molar-refractivity contribution in [1.29, 1.82) is 0 Å². The van der Waals surface area contributed by atoms with Gasteiger partial charge < -0.3 is 15.0 Å². The van der Waals surface area contributed by atoms with Crippen LogP contribution in [0, 0.1) is 30.5 Å². The molecule has 5 rings (SSSR count). The van der Waals surface area contributed by atoms with Crippen molar-refractivity contribution in [3.63, 3.8) is 0 Å². The fourth-order valence-corrected chi connectivity index (χ4v) is 5.67. The minimum Gasteiger partial charge on any atom is -0.381 e. The van der Waals surface area contributed by atoms with Crippen LogP contribution < -0.4 is 5.32 Å². The summed E-state index contributed by atoms with van der Waals surface area (Å²) in [7, 11) is 0. The van der Waals surface area contributed by atoms with Gasteiger partial charge in [-0.25, -0.2) is 4.39 Å². The molecule has 3 aliphatic rings. The Bertz CT molecular complexity index is 994. The average Bonchev–Trinajstić information content (AvgIpc) is 3.47. The van der Waals surface area contributed by atoms with Gasteiger partial charge in [0.1, 0.15) is 11.4 Å². The second kappa shape index (κ2) is 8.83. The number of halogens is 4. The normalized spacial score (nSPS) is 27.8. The number of hydrogen-bond donors (Lipinski definition) is 1. The molecule has 33 heavy (non-hydrogen) atoms. The van der Waals surface area contributed by atoms with Crippen molar-refractivity contribution in [1.82, 2.24) is 15.1 Å². The molecule has 3 heterocycles. The number of rotatable bonds is 5. The monoisotopic (exact) mass is 464 g/mol. The highest BCUT2D eigenvalue weighted by Gasteiger charge is 2.43. The Hall–Kier alpha value is -2.26. The molecule has 2 saturated heterocycles. The summed E-state index contributed by atoms with van der Waals surface area (Å²) in [6.07, 6.45) is -1.83. The third kappa shape index (κ3) is 4.84. The van der Waals surface area contributed by atoms with E-state index in [1.54, 1.807) is 6.92 Å². The standard InChI is InChI=1S/C24H28F4N4O/c1-14-2-3-18(25)8-20(14)22-9-21(24(26,27)28)23(31-30-22)29-19-6-16-11-32(12-17(16)7-19)10-15-4-5-33-13-15/h2-3,8-9,15-17,19H,4-7,10-13H2,1H3,(H,29,31)/t15-,16-,17+,19?/m1/s1. The minimum absolute atomic E-state index is 0.0136. The zero-order chi connectivity index (χ0) is 23.2. The van der Waals surface area contributed by atoms with Crippen LogP contribution in [0.5, 0.6) is 0 Å². The number of anilines is 1. The molecule has 1 aromatic carbocycles. The molecular weight excluding hydrogens is 436 g/mol. The van der Waals surface area contributed by atoms with Crippen LogP contribution in [0.1, 0.15) is 30.4 Å². The summed E-state index contributed by atoms with van der Waals surface area (Å²) in [6, 6.07) is 4.89.